The Balaban J connectivity index is 3.71. The van der Waals surface area contributed by atoms with E-state index in [-0.39, 0.29) is 12.3 Å². The van der Waals surface area contributed by atoms with Crippen LogP contribution in [0.4, 0.5) is 0 Å². The minimum atomic E-state index is -0.718. The van der Waals surface area contributed by atoms with Gasteiger partial charge in [0.1, 0.15) is 0 Å². The number of allylic oxidation sites excluding steroid dienone is 2. The summed E-state index contributed by atoms with van der Waals surface area (Å²) < 4.78 is 0. The van der Waals surface area contributed by atoms with Gasteiger partial charge in [-0.1, -0.05) is 19.1 Å². The van der Waals surface area contributed by atoms with Gasteiger partial charge in [-0.2, -0.15) is 0 Å². The lowest BCUT2D eigenvalue weighted by atomic mass is 10.0. The molecule has 1 N–H and O–H groups in total. The van der Waals surface area contributed by atoms with Crippen LogP contribution in [0.5, 0.6) is 0 Å². The maximum absolute atomic E-state index is 10.2. The maximum Gasteiger partial charge on any atom is 0.303 e. The van der Waals surface area contributed by atoms with Crippen molar-refractivity contribution >= 4 is 5.97 Å². The molecule has 1 unspecified atom stereocenters. The van der Waals surface area contributed by atoms with Crippen LogP contribution in [0.25, 0.3) is 0 Å². The van der Waals surface area contributed by atoms with Gasteiger partial charge < -0.3 is 5.11 Å². The van der Waals surface area contributed by atoms with Gasteiger partial charge in [-0.05, 0) is 19.3 Å². The molecule has 0 aromatic heterocycles. The number of carboxylic acid groups (broad SMARTS) is 1. The molecule has 0 bridgehead atoms. The van der Waals surface area contributed by atoms with Crippen molar-refractivity contribution < 1.29 is 9.90 Å². The van der Waals surface area contributed by atoms with E-state index in [1.54, 1.807) is 0 Å². The Kier molecular flexibility index (Phi) is 4.63. The average Bonchev–Trinajstić information content (AvgIpc) is 1.86. The van der Waals surface area contributed by atoms with Crippen molar-refractivity contribution in [2.75, 3.05) is 0 Å². The van der Waals surface area contributed by atoms with E-state index >= 15 is 0 Å². The van der Waals surface area contributed by atoms with Crippen molar-refractivity contribution in [1.82, 2.24) is 0 Å². The molecule has 0 aliphatic rings. The fourth-order valence-corrected chi connectivity index (χ4v) is 0.845. The van der Waals surface area contributed by atoms with E-state index < -0.39 is 5.97 Å². The molecule has 2 heteroatoms. The number of rotatable bonds is 4. The van der Waals surface area contributed by atoms with Crippen molar-refractivity contribution in [2.24, 2.45) is 5.92 Å². The highest BCUT2D eigenvalue weighted by Crippen LogP contribution is 2.08. The Morgan fingerprint density at radius 2 is 2.30 bits per heavy atom. The van der Waals surface area contributed by atoms with Crippen molar-refractivity contribution in [2.45, 2.75) is 26.7 Å². The summed E-state index contributed by atoms with van der Waals surface area (Å²) in [6.07, 6.45) is 4.99. The Morgan fingerprint density at radius 1 is 1.70 bits per heavy atom. The van der Waals surface area contributed by atoms with E-state index in [0.717, 1.165) is 6.42 Å². The first kappa shape index (κ1) is 9.21. The first-order valence-electron chi connectivity index (χ1n) is 3.55. The van der Waals surface area contributed by atoms with Gasteiger partial charge in [0.2, 0.25) is 0 Å². The Bertz CT molecular complexity index is 127. The number of carboxylic acids is 1. The molecule has 58 valence electrons. The second kappa shape index (κ2) is 5.03. The first-order valence-corrected chi connectivity index (χ1v) is 3.55. The summed E-state index contributed by atoms with van der Waals surface area (Å²) in [5.74, 6) is -0.507. The molecular weight excluding hydrogens is 128 g/mol. The van der Waals surface area contributed by atoms with E-state index in [0.29, 0.717) is 0 Å². The average molecular weight is 142 g/mol. The third-order valence-electron chi connectivity index (χ3n) is 1.43. The van der Waals surface area contributed by atoms with E-state index in [2.05, 4.69) is 0 Å². The molecule has 0 aliphatic heterocycles. The van der Waals surface area contributed by atoms with E-state index in [4.69, 9.17) is 5.11 Å². The highest BCUT2D eigenvalue weighted by molar-refractivity contribution is 5.67. The third-order valence-corrected chi connectivity index (χ3v) is 1.43. The lowest BCUT2D eigenvalue weighted by Crippen LogP contribution is -2.03. The van der Waals surface area contributed by atoms with Crippen LogP contribution < -0.4 is 0 Å². The number of aliphatic carboxylic acids is 1. The van der Waals surface area contributed by atoms with Gasteiger partial charge in [0, 0.05) is 0 Å². The van der Waals surface area contributed by atoms with Crippen LogP contribution in [0.1, 0.15) is 26.7 Å². The van der Waals surface area contributed by atoms with Crippen LogP contribution >= 0.6 is 0 Å². The molecule has 0 spiro atoms. The summed E-state index contributed by atoms with van der Waals surface area (Å²) in [6, 6.07) is 0. The maximum atomic E-state index is 10.2. The Hall–Kier alpha value is -0.790. The zero-order chi connectivity index (χ0) is 7.98. The summed E-state index contributed by atoms with van der Waals surface area (Å²) in [6.45, 7) is 3.90. The largest absolute Gasteiger partial charge is 0.481 e. The van der Waals surface area contributed by atoms with E-state index in [1.165, 1.54) is 0 Å². The van der Waals surface area contributed by atoms with Gasteiger partial charge in [0.05, 0.1) is 6.42 Å². The fraction of sp³-hybridized carbons (Fsp3) is 0.625. The molecule has 10 heavy (non-hydrogen) atoms. The van der Waals surface area contributed by atoms with Crippen LogP contribution in [-0.2, 0) is 4.79 Å². The van der Waals surface area contributed by atoms with E-state index in [9.17, 15) is 4.79 Å². The molecule has 0 rings (SSSR count). The molecule has 0 amide bonds. The van der Waals surface area contributed by atoms with Gasteiger partial charge in [-0.15, -0.1) is 0 Å². The number of carbonyl (C=O) groups is 1. The van der Waals surface area contributed by atoms with Crippen LogP contribution in [-0.4, -0.2) is 11.1 Å². The molecule has 0 fully saturated rings. The highest BCUT2D eigenvalue weighted by atomic mass is 16.4. The van der Waals surface area contributed by atoms with Crippen LogP contribution in [0.2, 0.25) is 0 Å². The smallest absolute Gasteiger partial charge is 0.303 e. The Morgan fingerprint density at radius 3 is 2.60 bits per heavy atom. The molecule has 0 radical (unpaired) electrons. The van der Waals surface area contributed by atoms with Crippen LogP contribution in [0.15, 0.2) is 12.2 Å². The second-order valence-corrected chi connectivity index (χ2v) is 2.29. The minimum Gasteiger partial charge on any atom is -0.481 e. The van der Waals surface area contributed by atoms with Gasteiger partial charge >= 0.3 is 5.97 Å². The zero-order valence-electron chi connectivity index (χ0n) is 6.50. The minimum absolute atomic E-state index is 0.211. The highest BCUT2D eigenvalue weighted by Gasteiger charge is 2.05. The lowest BCUT2D eigenvalue weighted by Gasteiger charge is -2.03. The SMILES string of the molecule is C/C=C/C(CC)CC(=O)O. The lowest BCUT2D eigenvalue weighted by molar-refractivity contribution is -0.137. The molecule has 0 saturated heterocycles. The summed E-state index contributed by atoms with van der Waals surface area (Å²) in [4.78, 5) is 10.2. The van der Waals surface area contributed by atoms with Crippen molar-refractivity contribution in [1.29, 1.82) is 0 Å². The zero-order valence-corrected chi connectivity index (χ0v) is 6.50. The van der Waals surface area contributed by atoms with E-state index in [1.807, 2.05) is 26.0 Å². The second-order valence-electron chi connectivity index (χ2n) is 2.29. The molecule has 0 aromatic rings. The Labute approximate surface area is 61.6 Å². The van der Waals surface area contributed by atoms with Crippen molar-refractivity contribution in [3.8, 4) is 0 Å². The van der Waals surface area contributed by atoms with Gasteiger partial charge in [-0.25, -0.2) is 0 Å². The fourth-order valence-electron chi connectivity index (χ4n) is 0.845. The van der Waals surface area contributed by atoms with Crippen LogP contribution in [0, 0.1) is 5.92 Å². The molecule has 2 nitrogen and oxygen atoms in total. The number of hydrogen-bond donors (Lipinski definition) is 1. The quantitative estimate of drug-likeness (QED) is 0.610. The normalized spacial score (nSPS) is 13.8. The summed E-state index contributed by atoms with van der Waals surface area (Å²) in [5, 5.41) is 8.41. The summed E-state index contributed by atoms with van der Waals surface area (Å²) in [7, 11) is 0. The van der Waals surface area contributed by atoms with Crippen LogP contribution in [0.3, 0.4) is 0 Å². The standard InChI is InChI=1S/C8H14O2/c1-3-5-7(4-2)6-8(9)10/h3,5,7H,4,6H2,1-2H3,(H,9,10)/b5-3+. The third kappa shape index (κ3) is 4.13. The predicted molar refractivity (Wildman–Crippen MR) is 40.8 cm³/mol. The molecule has 0 aromatic carbocycles. The molecule has 0 saturated carbocycles. The molecule has 1 atom stereocenters. The van der Waals surface area contributed by atoms with Gasteiger partial charge in [0.15, 0.2) is 0 Å². The topological polar surface area (TPSA) is 37.3 Å². The first-order chi connectivity index (χ1) is 4.70. The van der Waals surface area contributed by atoms with Gasteiger partial charge in [-0.3, -0.25) is 4.79 Å². The molecule has 0 heterocycles. The monoisotopic (exact) mass is 142 g/mol. The number of hydrogen-bond acceptors (Lipinski definition) is 1. The summed E-state index contributed by atoms with van der Waals surface area (Å²) in [5.41, 5.74) is 0. The molecular formula is C8H14O2. The van der Waals surface area contributed by atoms with Crippen molar-refractivity contribution in [3.63, 3.8) is 0 Å². The summed E-state index contributed by atoms with van der Waals surface area (Å²) >= 11 is 0. The van der Waals surface area contributed by atoms with Crippen molar-refractivity contribution in [3.05, 3.63) is 12.2 Å². The molecule has 0 aliphatic carbocycles. The van der Waals surface area contributed by atoms with Gasteiger partial charge in [0.25, 0.3) is 0 Å². The predicted octanol–water partition coefficient (Wildman–Crippen LogP) is 2.06.